The Morgan fingerprint density at radius 2 is 1.68 bits per heavy atom. The fraction of sp³-hybridized carbons (Fsp3) is 0.0526. The van der Waals surface area contributed by atoms with Crippen LogP contribution >= 0.6 is 0 Å². The number of hydrogen-bond acceptors (Lipinski definition) is 4. The number of para-hydroxylation sites is 1. The van der Waals surface area contributed by atoms with Crippen LogP contribution in [0, 0.1) is 12.3 Å². The third-order valence-corrected chi connectivity index (χ3v) is 3.92. The standard InChI is InChI=1S/C19H16N6/c1-14-17-18(20)24(22-12-15-8-4-2-5-9-15)13-21-19(17)25(23-14)16-10-6-3-7-11-16/h2-13,20H,1H3/b20-18?,22-12+. The first-order chi connectivity index (χ1) is 12.2. The number of hydrogen-bond donors (Lipinski definition) is 1. The van der Waals surface area contributed by atoms with E-state index >= 15 is 0 Å². The number of nitrogens with zero attached hydrogens (tertiary/aromatic N) is 5. The number of nitrogens with one attached hydrogen (secondary N) is 1. The van der Waals surface area contributed by atoms with E-state index in [2.05, 4.69) is 15.2 Å². The first-order valence-electron chi connectivity index (χ1n) is 7.90. The van der Waals surface area contributed by atoms with Gasteiger partial charge in [0.1, 0.15) is 6.33 Å². The van der Waals surface area contributed by atoms with Gasteiger partial charge in [0.2, 0.25) is 0 Å². The fourth-order valence-electron chi connectivity index (χ4n) is 2.70. The molecule has 0 spiro atoms. The molecule has 0 aliphatic carbocycles. The SMILES string of the molecule is Cc1nn(-c2ccccc2)c2ncn(/N=C/c3ccccc3)c(=N)c12. The van der Waals surface area contributed by atoms with Gasteiger partial charge < -0.3 is 0 Å². The third kappa shape index (κ3) is 2.74. The predicted molar refractivity (Wildman–Crippen MR) is 96.9 cm³/mol. The lowest BCUT2D eigenvalue weighted by atomic mass is 10.2. The van der Waals surface area contributed by atoms with Gasteiger partial charge in [-0.1, -0.05) is 48.5 Å². The Labute approximate surface area is 144 Å². The lowest BCUT2D eigenvalue weighted by Gasteiger charge is -2.03. The van der Waals surface area contributed by atoms with Gasteiger partial charge in [0.05, 0.1) is 23.0 Å². The largest absolute Gasteiger partial charge is 0.282 e. The first kappa shape index (κ1) is 15.0. The molecule has 2 aromatic carbocycles. The Kier molecular flexibility index (Phi) is 3.70. The van der Waals surface area contributed by atoms with Crippen LogP contribution in [-0.2, 0) is 0 Å². The van der Waals surface area contributed by atoms with Gasteiger partial charge >= 0.3 is 0 Å². The molecule has 4 rings (SSSR count). The summed E-state index contributed by atoms with van der Waals surface area (Å²) in [6, 6.07) is 19.5. The molecule has 6 nitrogen and oxygen atoms in total. The minimum absolute atomic E-state index is 0.261. The Morgan fingerprint density at radius 3 is 2.40 bits per heavy atom. The second-order valence-corrected chi connectivity index (χ2v) is 5.62. The molecular formula is C19H16N6. The molecule has 0 amide bonds. The molecule has 2 heterocycles. The monoisotopic (exact) mass is 328 g/mol. The van der Waals surface area contributed by atoms with Crippen LogP contribution in [0.2, 0.25) is 0 Å². The third-order valence-electron chi connectivity index (χ3n) is 3.92. The van der Waals surface area contributed by atoms with E-state index < -0.39 is 0 Å². The van der Waals surface area contributed by atoms with Crippen LogP contribution in [0.1, 0.15) is 11.3 Å². The van der Waals surface area contributed by atoms with Crippen molar-refractivity contribution in [2.75, 3.05) is 0 Å². The number of rotatable bonds is 3. The summed E-state index contributed by atoms with van der Waals surface area (Å²) in [6.07, 6.45) is 3.26. The molecule has 2 aromatic heterocycles. The predicted octanol–water partition coefficient (Wildman–Crippen LogP) is 2.89. The molecule has 4 aromatic rings. The maximum absolute atomic E-state index is 8.48. The van der Waals surface area contributed by atoms with Crippen molar-refractivity contribution in [3.8, 4) is 5.69 Å². The van der Waals surface area contributed by atoms with Crippen molar-refractivity contribution in [1.29, 1.82) is 5.41 Å². The molecule has 0 fully saturated rings. The summed E-state index contributed by atoms with van der Waals surface area (Å²) in [5.41, 5.74) is 3.54. The minimum Gasteiger partial charge on any atom is -0.282 e. The zero-order valence-corrected chi connectivity index (χ0v) is 13.7. The van der Waals surface area contributed by atoms with Crippen molar-refractivity contribution >= 4 is 17.2 Å². The van der Waals surface area contributed by atoms with Gasteiger partial charge in [-0.2, -0.15) is 10.2 Å². The van der Waals surface area contributed by atoms with E-state index in [1.165, 1.54) is 4.68 Å². The smallest absolute Gasteiger partial charge is 0.168 e. The molecule has 0 saturated heterocycles. The quantitative estimate of drug-likeness (QED) is 0.587. The Bertz CT molecular complexity index is 1110. The second kappa shape index (κ2) is 6.16. The highest BCUT2D eigenvalue weighted by molar-refractivity contribution is 5.80. The lowest BCUT2D eigenvalue weighted by molar-refractivity contribution is 0.779. The molecule has 0 radical (unpaired) electrons. The average molecular weight is 328 g/mol. The van der Waals surface area contributed by atoms with Crippen molar-refractivity contribution in [3.63, 3.8) is 0 Å². The average Bonchev–Trinajstić information content (AvgIpc) is 3.00. The van der Waals surface area contributed by atoms with Crippen LogP contribution in [-0.4, -0.2) is 25.7 Å². The van der Waals surface area contributed by atoms with Crippen LogP contribution in [0.5, 0.6) is 0 Å². The van der Waals surface area contributed by atoms with E-state index in [1.54, 1.807) is 17.2 Å². The molecule has 25 heavy (non-hydrogen) atoms. The first-order valence-corrected chi connectivity index (χ1v) is 7.90. The number of aromatic nitrogens is 4. The summed E-state index contributed by atoms with van der Waals surface area (Å²) in [6.45, 7) is 1.88. The summed E-state index contributed by atoms with van der Waals surface area (Å²) in [5.74, 6) is 0. The van der Waals surface area contributed by atoms with Gasteiger partial charge in [-0.3, -0.25) is 5.41 Å². The fourth-order valence-corrected chi connectivity index (χ4v) is 2.70. The number of fused-ring (bicyclic) bond motifs is 1. The molecule has 0 bridgehead atoms. The van der Waals surface area contributed by atoms with Crippen LogP contribution in [0.15, 0.2) is 72.1 Å². The van der Waals surface area contributed by atoms with Crippen LogP contribution in [0.3, 0.4) is 0 Å². The minimum atomic E-state index is 0.261. The highest BCUT2D eigenvalue weighted by Gasteiger charge is 2.13. The summed E-state index contributed by atoms with van der Waals surface area (Å²) in [7, 11) is 0. The molecule has 0 aliphatic rings. The summed E-state index contributed by atoms with van der Waals surface area (Å²) >= 11 is 0. The van der Waals surface area contributed by atoms with Gasteiger partial charge in [0, 0.05) is 0 Å². The summed E-state index contributed by atoms with van der Waals surface area (Å²) in [4.78, 5) is 4.48. The van der Waals surface area contributed by atoms with E-state index in [4.69, 9.17) is 5.41 Å². The number of aryl methyl sites for hydroxylation is 1. The van der Waals surface area contributed by atoms with Gasteiger partial charge in [0.25, 0.3) is 0 Å². The molecule has 0 unspecified atom stereocenters. The molecule has 0 saturated carbocycles. The van der Waals surface area contributed by atoms with Crippen LogP contribution in [0.4, 0.5) is 0 Å². The Morgan fingerprint density at radius 1 is 1.00 bits per heavy atom. The van der Waals surface area contributed by atoms with Gasteiger partial charge in [-0.15, -0.1) is 0 Å². The lowest BCUT2D eigenvalue weighted by Crippen LogP contribution is -2.18. The number of benzene rings is 2. The summed E-state index contributed by atoms with van der Waals surface area (Å²) < 4.78 is 3.22. The molecule has 6 heteroatoms. The zero-order valence-electron chi connectivity index (χ0n) is 13.7. The summed E-state index contributed by atoms with van der Waals surface area (Å²) in [5, 5.41) is 18.1. The van der Waals surface area contributed by atoms with E-state index in [9.17, 15) is 0 Å². The molecular weight excluding hydrogens is 312 g/mol. The van der Waals surface area contributed by atoms with E-state index in [0.29, 0.717) is 11.0 Å². The van der Waals surface area contributed by atoms with Crippen molar-refractivity contribution in [1.82, 2.24) is 19.4 Å². The molecule has 0 atom stereocenters. The van der Waals surface area contributed by atoms with Crippen LogP contribution < -0.4 is 5.49 Å². The van der Waals surface area contributed by atoms with E-state index in [-0.39, 0.29) is 5.49 Å². The zero-order chi connectivity index (χ0) is 17.2. The van der Waals surface area contributed by atoms with Gasteiger partial charge in [-0.05, 0) is 24.6 Å². The van der Waals surface area contributed by atoms with E-state index in [1.807, 2.05) is 67.6 Å². The Hall–Kier alpha value is -3.54. The molecule has 1 N–H and O–H groups in total. The van der Waals surface area contributed by atoms with Crippen molar-refractivity contribution in [2.45, 2.75) is 6.92 Å². The van der Waals surface area contributed by atoms with E-state index in [0.717, 1.165) is 16.9 Å². The maximum Gasteiger partial charge on any atom is 0.168 e. The topological polar surface area (TPSA) is 71.8 Å². The van der Waals surface area contributed by atoms with Crippen molar-refractivity contribution in [2.24, 2.45) is 5.10 Å². The highest BCUT2D eigenvalue weighted by Crippen LogP contribution is 2.16. The maximum atomic E-state index is 8.48. The molecule has 0 aliphatic heterocycles. The highest BCUT2D eigenvalue weighted by atomic mass is 15.4. The van der Waals surface area contributed by atoms with Gasteiger partial charge in [-0.25, -0.2) is 14.3 Å². The van der Waals surface area contributed by atoms with Crippen molar-refractivity contribution < 1.29 is 0 Å². The second-order valence-electron chi connectivity index (χ2n) is 5.62. The molecule has 122 valence electrons. The van der Waals surface area contributed by atoms with Crippen LogP contribution in [0.25, 0.3) is 16.7 Å². The normalized spacial score (nSPS) is 11.4. The van der Waals surface area contributed by atoms with Gasteiger partial charge in [0.15, 0.2) is 11.1 Å². The van der Waals surface area contributed by atoms with Crippen molar-refractivity contribution in [3.05, 3.63) is 83.7 Å². The Balaban J connectivity index is 1.83.